The SMILES string of the molecule is COc1ccc(C2N=C(c3cc(OC)cc(OC)c3)OC2=O)cc1. The van der Waals surface area contributed by atoms with E-state index in [2.05, 4.69) is 4.99 Å². The average Bonchev–Trinajstić information content (AvgIpc) is 3.03. The molecule has 0 spiro atoms. The van der Waals surface area contributed by atoms with Crippen LogP contribution in [0.15, 0.2) is 47.5 Å². The summed E-state index contributed by atoms with van der Waals surface area (Å²) in [7, 11) is 4.70. The van der Waals surface area contributed by atoms with Gasteiger partial charge >= 0.3 is 5.97 Å². The molecule has 0 aromatic heterocycles. The normalized spacial score (nSPS) is 16.4. The summed E-state index contributed by atoms with van der Waals surface area (Å²) in [5.74, 6) is 1.73. The largest absolute Gasteiger partial charge is 0.497 e. The van der Waals surface area contributed by atoms with Crippen molar-refractivity contribution >= 4 is 11.9 Å². The first-order valence-electron chi connectivity index (χ1n) is 7.31. The van der Waals surface area contributed by atoms with Crippen LogP contribution in [0.25, 0.3) is 0 Å². The summed E-state index contributed by atoms with van der Waals surface area (Å²) in [6.45, 7) is 0. The van der Waals surface area contributed by atoms with Crippen LogP contribution < -0.4 is 14.2 Å². The maximum atomic E-state index is 12.2. The standard InChI is InChI=1S/C18H17NO5/c1-21-13-6-4-11(5-7-13)16-18(20)24-17(19-16)12-8-14(22-2)10-15(9-12)23-3/h4-10,16H,1-3H3. The van der Waals surface area contributed by atoms with E-state index in [1.54, 1.807) is 63.8 Å². The second-order valence-corrected chi connectivity index (χ2v) is 5.13. The molecule has 124 valence electrons. The van der Waals surface area contributed by atoms with Gasteiger partial charge in [0.05, 0.1) is 21.3 Å². The monoisotopic (exact) mass is 327 g/mol. The van der Waals surface area contributed by atoms with Gasteiger partial charge in [-0.2, -0.15) is 0 Å². The van der Waals surface area contributed by atoms with Crippen LogP contribution in [0.4, 0.5) is 0 Å². The first-order chi connectivity index (χ1) is 11.6. The number of cyclic esters (lactones) is 1. The van der Waals surface area contributed by atoms with E-state index < -0.39 is 12.0 Å². The minimum atomic E-state index is -0.692. The number of hydrogen-bond acceptors (Lipinski definition) is 6. The summed E-state index contributed by atoms with van der Waals surface area (Å²) >= 11 is 0. The van der Waals surface area contributed by atoms with Crippen molar-refractivity contribution in [2.45, 2.75) is 6.04 Å². The second-order valence-electron chi connectivity index (χ2n) is 5.13. The number of esters is 1. The van der Waals surface area contributed by atoms with E-state index in [0.717, 1.165) is 5.56 Å². The van der Waals surface area contributed by atoms with Crippen molar-refractivity contribution in [3.05, 3.63) is 53.6 Å². The van der Waals surface area contributed by atoms with Crippen LogP contribution in [0.2, 0.25) is 0 Å². The summed E-state index contributed by atoms with van der Waals surface area (Å²) in [5, 5.41) is 0. The van der Waals surface area contributed by atoms with Gasteiger partial charge in [-0.1, -0.05) is 12.1 Å². The maximum absolute atomic E-state index is 12.2. The molecule has 2 aromatic rings. The summed E-state index contributed by atoms with van der Waals surface area (Å²) in [4.78, 5) is 16.6. The third-order valence-electron chi connectivity index (χ3n) is 3.70. The molecule has 0 N–H and O–H groups in total. The van der Waals surface area contributed by atoms with Gasteiger partial charge in [-0.3, -0.25) is 0 Å². The molecular formula is C18H17NO5. The quantitative estimate of drug-likeness (QED) is 0.790. The van der Waals surface area contributed by atoms with Gasteiger partial charge < -0.3 is 18.9 Å². The van der Waals surface area contributed by atoms with Crippen LogP contribution in [0.1, 0.15) is 17.2 Å². The number of carbonyl (C=O) groups excluding carboxylic acids is 1. The number of ether oxygens (including phenoxy) is 4. The molecule has 0 saturated heterocycles. The lowest BCUT2D eigenvalue weighted by Gasteiger charge is -2.07. The van der Waals surface area contributed by atoms with E-state index in [-0.39, 0.29) is 5.90 Å². The molecule has 1 atom stereocenters. The zero-order valence-corrected chi connectivity index (χ0v) is 13.6. The van der Waals surface area contributed by atoms with Crippen LogP contribution >= 0.6 is 0 Å². The molecule has 1 unspecified atom stereocenters. The van der Waals surface area contributed by atoms with Gasteiger partial charge in [-0.25, -0.2) is 9.79 Å². The Kier molecular flexibility index (Phi) is 4.37. The van der Waals surface area contributed by atoms with Crippen LogP contribution in [-0.2, 0) is 9.53 Å². The Morgan fingerprint density at radius 2 is 1.46 bits per heavy atom. The molecule has 6 heteroatoms. The summed E-state index contributed by atoms with van der Waals surface area (Å²) in [6, 6.07) is 11.7. The molecule has 3 rings (SSSR count). The predicted octanol–water partition coefficient (Wildman–Crippen LogP) is 2.76. The van der Waals surface area contributed by atoms with Crippen molar-refractivity contribution in [2.24, 2.45) is 4.99 Å². The number of methoxy groups -OCH3 is 3. The zero-order valence-electron chi connectivity index (χ0n) is 13.6. The Labute approximate surface area is 139 Å². The minimum Gasteiger partial charge on any atom is -0.497 e. The molecule has 6 nitrogen and oxygen atoms in total. The molecule has 2 aromatic carbocycles. The smallest absolute Gasteiger partial charge is 0.342 e. The van der Waals surface area contributed by atoms with E-state index in [9.17, 15) is 4.79 Å². The summed E-state index contributed by atoms with van der Waals surface area (Å²) < 4.78 is 20.9. The average molecular weight is 327 g/mol. The number of carbonyl (C=O) groups is 1. The molecule has 0 saturated carbocycles. The van der Waals surface area contributed by atoms with Crippen molar-refractivity contribution < 1.29 is 23.7 Å². The maximum Gasteiger partial charge on any atom is 0.342 e. The van der Waals surface area contributed by atoms with Crippen LogP contribution in [0.5, 0.6) is 17.2 Å². The van der Waals surface area contributed by atoms with E-state index in [4.69, 9.17) is 18.9 Å². The third-order valence-corrected chi connectivity index (χ3v) is 3.70. The third kappa shape index (κ3) is 3.03. The molecule has 1 heterocycles. The summed E-state index contributed by atoms with van der Waals surface area (Å²) in [6.07, 6.45) is 0. The number of aliphatic imine (C=N–C) groups is 1. The second kappa shape index (κ2) is 6.62. The molecule has 0 radical (unpaired) electrons. The lowest BCUT2D eigenvalue weighted by molar-refractivity contribution is -0.135. The predicted molar refractivity (Wildman–Crippen MR) is 87.9 cm³/mol. The van der Waals surface area contributed by atoms with Gasteiger partial charge in [0, 0.05) is 11.6 Å². The van der Waals surface area contributed by atoms with Crippen LogP contribution in [0.3, 0.4) is 0 Å². The van der Waals surface area contributed by atoms with E-state index in [1.165, 1.54) is 0 Å². The number of benzene rings is 2. The lowest BCUT2D eigenvalue weighted by Crippen LogP contribution is -2.09. The molecule has 0 fully saturated rings. The fourth-order valence-electron chi connectivity index (χ4n) is 2.41. The first-order valence-corrected chi connectivity index (χ1v) is 7.31. The fourth-order valence-corrected chi connectivity index (χ4v) is 2.41. The zero-order chi connectivity index (χ0) is 17.1. The van der Waals surface area contributed by atoms with Gasteiger partial charge in [-0.15, -0.1) is 0 Å². The Bertz CT molecular complexity index is 760. The van der Waals surface area contributed by atoms with Crippen molar-refractivity contribution in [2.75, 3.05) is 21.3 Å². The van der Waals surface area contributed by atoms with Crippen LogP contribution in [0, 0.1) is 0 Å². The minimum absolute atomic E-state index is 0.248. The Morgan fingerprint density at radius 1 is 0.875 bits per heavy atom. The lowest BCUT2D eigenvalue weighted by atomic mass is 10.1. The highest BCUT2D eigenvalue weighted by Gasteiger charge is 2.31. The van der Waals surface area contributed by atoms with E-state index in [1.807, 2.05) is 0 Å². The number of rotatable bonds is 5. The van der Waals surface area contributed by atoms with Crippen molar-refractivity contribution in [1.82, 2.24) is 0 Å². The van der Waals surface area contributed by atoms with E-state index in [0.29, 0.717) is 22.8 Å². The Balaban J connectivity index is 1.93. The molecule has 1 aliphatic heterocycles. The fraction of sp³-hybridized carbons (Fsp3) is 0.222. The van der Waals surface area contributed by atoms with Gasteiger partial charge in [-0.05, 0) is 29.8 Å². The highest BCUT2D eigenvalue weighted by atomic mass is 16.6. The van der Waals surface area contributed by atoms with E-state index >= 15 is 0 Å². The molecule has 0 aliphatic carbocycles. The Morgan fingerprint density at radius 3 is 2.00 bits per heavy atom. The number of hydrogen-bond donors (Lipinski definition) is 0. The molecule has 0 bridgehead atoms. The van der Waals surface area contributed by atoms with Gasteiger partial charge in [0.1, 0.15) is 17.2 Å². The molecule has 0 amide bonds. The first kappa shape index (κ1) is 15.9. The van der Waals surface area contributed by atoms with Gasteiger partial charge in [0.25, 0.3) is 0 Å². The topological polar surface area (TPSA) is 66.3 Å². The highest BCUT2D eigenvalue weighted by molar-refractivity contribution is 6.06. The van der Waals surface area contributed by atoms with Crippen LogP contribution in [-0.4, -0.2) is 33.2 Å². The van der Waals surface area contributed by atoms with Crippen molar-refractivity contribution in [3.63, 3.8) is 0 Å². The van der Waals surface area contributed by atoms with Gasteiger partial charge in [0.15, 0.2) is 6.04 Å². The van der Waals surface area contributed by atoms with Crippen molar-refractivity contribution in [1.29, 1.82) is 0 Å². The molecule has 1 aliphatic rings. The number of nitrogens with zero attached hydrogens (tertiary/aromatic N) is 1. The Hall–Kier alpha value is -3.02. The van der Waals surface area contributed by atoms with Crippen molar-refractivity contribution in [3.8, 4) is 17.2 Å². The van der Waals surface area contributed by atoms with Gasteiger partial charge in [0.2, 0.25) is 5.90 Å². The molecular weight excluding hydrogens is 310 g/mol. The summed E-state index contributed by atoms with van der Waals surface area (Å²) in [5.41, 5.74) is 1.36. The molecule has 24 heavy (non-hydrogen) atoms. The highest BCUT2D eigenvalue weighted by Crippen LogP contribution is 2.30.